The predicted molar refractivity (Wildman–Crippen MR) is 58.7 cm³/mol. The van der Waals surface area contributed by atoms with Crippen LogP contribution < -0.4 is 4.74 Å². The molecule has 2 heterocycles. The maximum Gasteiger partial charge on any atom is 0.226 e. The monoisotopic (exact) mass is 225 g/mol. The zero-order valence-electron chi connectivity index (χ0n) is 7.34. The SMILES string of the molecule is COc1nc(SS)nc2ncccc12. The van der Waals surface area contributed by atoms with Gasteiger partial charge < -0.3 is 4.74 Å². The van der Waals surface area contributed by atoms with Gasteiger partial charge in [-0.05, 0) is 22.9 Å². The van der Waals surface area contributed by atoms with Crippen molar-refractivity contribution in [2.75, 3.05) is 7.11 Å². The summed E-state index contributed by atoms with van der Waals surface area (Å²) in [4.78, 5) is 12.5. The molecule has 0 aliphatic carbocycles. The predicted octanol–water partition coefficient (Wildman–Crippen LogP) is 1.97. The van der Waals surface area contributed by atoms with Crippen molar-refractivity contribution >= 4 is 33.5 Å². The number of fused-ring (bicyclic) bond motifs is 1. The van der Waals surface area contributed by atoms with Gasteiger partial charge in [0.25, 0.3) is 0 Å². The first kappa shape index (κ1) is 9.54. The molecule has 0 spiro atoms. The smallest absolute Gasteiger partial charge is 0.226 e. The van der Waals surface area contributed by atoms with E-state index in [1.54, 1.807) is 13.3 Å². The molecule has 4 nitrogen and oxygen atoms in total. The summed E-state index contributed by atoms with van der Waals surface area (Å²) in [5.74, 6) is 0.527. The van der Waals surface area contributed by atoms with Gasteiger partial charge in [-0.15, -0.1) is 11.7 Å². The summed E-state index contributed by atoms with van der Waals surface area (Å²) in [6.45, 7) is 0. The topological polar surface area (TPSA) is 47.9 Å². The molecule has 2 aromatic rings. The van der Waals surface area contributed by atoms with Gasteiger partial charge in [-0.2, -0.15) is 4.98 Å². The Bertz CT molecular complexity index is 463. The number of methoxy groups -OCH3 is 1. The fourth-order valence-electron chi connectivity index (χ4n) is 1.11. The second kappa shape index (κ2) is 4.02. The highest BCUT2D eigenvalue weighted by Crippen LogP contribution is 2.25. The fourth-order valence-corrected chi connectivity index (χ4v) is 1.61. The van der Waals surface area contributed by atoms with Crippen molar-refractivity contribution in [1.29, 1.82) is 0 Å². The van der Waals surface area contributed by atoms with E-state index in [0.717, 1.165) is 5.39 Å². The highest BCUT2D eigenvalue weighted by Gasteiger charge is 2.07. The summed E-state index contributed by atoms with van der Waals surface area (Å²) in [7, 11) is 2.74. The summed E-state index contributed by atoms with van der Waals surface area (Å²) in [5.41, 5.74) is 0.621. The van der Waals surface area contributed by atoms with Gasteiger partial charge in [-0.3, -0.25) is 0 Å². The van der Waals surface area contributed by atoms with Crippen LogP contribution in [0.2, 0.25) is 0 Å². The molecule has 14 heavy (non-hydrogen) atoms. The van der Waals surface area contributed by atoms with Gasteiger partial charge in [-0.1, -0.05) is 0 Å². The van der Waals surface area contributed by atoms with Gasteiger partial charge in [0, 0.05) is 6.20 Å². The van der Waals surface area contributed by atoms with Crippen LogP contribution in [-0.2, 0) is 0 Å². The van der Waals surface area contributed by atoms with Gasteiger partial charge in [0.15, 0.2) is 5.65 Å². The number of nitrogens with zero attached hydrogens (tertiary/aromatic N) is 3. The Labute approximate surface area is 89.9 Å². The number of thiol groups is 1. The van der Waals surface area contributed by atoms with Gasteiger partial charge in [0.2, 0.25) is 11.0 Å². The molecule has 0 aromatic carbocycles. The molecule has 0 aliphatic rings. The van der Waals surface area contributed by atoms with Crippen LogP contribution in [0.3, 0.4) is 0 Å². The van der Waals surface area contributed by atoms with Crippen molar-refractivity contribution in [2.24, 2.45) is 0 Å². The van der Waals surface area contributed by atoms with E-state index in [1.165, 1.54) is 10.8 Å². The first-order valence-electron chi connectivity index (χ1n) is 3.83. The van der Waals surface area contributed by atoms with Gasteiger partial charge in [-0.25, -0.2) is 9.97 Å². The lowest BCUT2D eigenvalue weighted by molar-refractivity contribution is 0.398. The minimum absolute atomic E-state index is 0.527. The summed E-state index contributed by atoms with van der Waals surface area (Å²) in [5, 5.41) is 1.34. The first-order chi connectivity index (χ1) is 6.85. The Morgan fingerprint density at radius 1 is 1.43 bits per heavy atom. The highest BCUT2D eigenvalue weighted by molar-refractivity contribution is 8.68. The molecule has 0 amide bonds. The number of hydrogen-bond acceptors (Lipinski definition) is 6. The molecule has 0 aliphatic heterocycles. The van der Waals surface area contributed by atoms with Crippen LogP contribution in [0.4, 0.5) is 0 Å². The highest BCUT2D eigenvalue weighted by atomic mass is 33.1. The lowest BCUT2D eigenvalue weighted by Gasteiger charge is -2.03. The summed E-state index contributed by atoms with van der Waals surface area (Å²) >= 11 is 4.03. The Morgan fingerprint density at radius 3 is 3.00 bits per heavy atom. The molecule has 0 fully saturated rings. The number of rotatable bonds is 2. The molecule has 72 valence electrons. The molecule has 2 rings (SSSR count). The molecule has 0 saturated carbocycles. The van der Waals surface area contributed by atoms with Crippen molar-refractivity contribution in [3.8, 4) is 5.88 Å². The molecule has 0 unspecified atom stereocenters. The van der Waals surface area contributed by atoms with Crippen molar-refractivity contribution in [3.05, 3.63) is 18.3 Å². The summed E-state index contributed by atoms with van der Waals surface area (Å²) in [6, 6.07) is 3.69. The van der Waals surface area contributed by atoms with Crippen LogP contribution in [0.25, 0.3) is 11.0 Å². The molecule has 0 N–H and O–H groups in total. The van der Waals surface area contributed by atoms with Crippen molar-refractivity contribution < 1.29 is 4.74 Å². The minimum Gasteiger partial charge on any atom is -0.480 e. The molecule has 2 aromatic heterocycles. The maximum absolute atomic E-state index is 5.13. The molecule has 0 saturated heterocycles. The summed E-state index contributed by atoms with van der Waals surface area (Å²) in [6.07, 6.45) is 1.68. The van der Waals surface area contributed by atoms with Crippen LogP contribution >= 0.6 is 22.5 Å². The van der Waals surface area contributed by atoms with Crippen LogP contribution in [0, 0.1) is 0 Å². The van der Waals surface area contributed by atoms with Gasteiger partial charge >= 0.3 is 0 Å². The second-order valence-corrected chi connectivity index (χ2v) is 3.58. The van der Waals surface area contributed by atoms with E-state index < -0.39 is 0 Å². The quantitative estimate of drug-likeness (QED) is 0.481. The summed E-state index contributed by atoms with van der Waals surface area (Å²) < 4.78 is 5.13. The zero-order valence-corrected chi connectivity index (χ0v) is 9.05. The fraction of sp³-hybridized carbons (Fsp3) is 0.125. The average molecular weight is 225 g/mol. The largest absolute Gasteiger partial charge is 0.480 e. The van der Waals surface area contributed by atoms with Crippen LogP contribution in [0.5, 0.6) is 5.88 Å². The molecular formula is C8H7N3OS2. The normalized spacial score (nSPS) is 10.4. The van der Waals surface area contributed by atoms with Crippen molar-refractivity contribution in [2.45, 2.75) is 5.16 Å². The number of aromatic nitrogens is 3. The zero-order chi connectivity index (χ0) is 9.97. The Hall–Kier alpha value is -1.01. The van der Waals surface area contributed by atoms with E-state index in [1.807, 2.05) is 12.1 Å². The Balaban J connectivity index is 2.73. The standard InChI is InChI=1S/C8H7N3OS2/c1-12-7-5-3-2-4-9-6(5)10-8(11-7)14-13/h2-4,13H,1H3. The van der Waals surface area contributed by atoms with E-state index in [0.29, 0.717) is 16.7 Å². The molecule has 6 heteroatoms. The second-order valence-electron chi connectivity index (χ2n) is 2.48. The van der Waals surface area contributed by atoms with Crippen LogP contribution in [-0.4, -0.2) is 22.1 Å². The van der Waals surface area contributed by atoms with E-state index in [2.05, 4.69) is 26.6 Å². The Morgan fingerprint density at radius 2 is 2.29 bits per heavy atom. The third kappa shape index (κ3) is 1.62. The molecule has 0 bridgehead atoms. The average Bonchev–Trinajstić information content (AvgIpc) is 2.27. The van der Waals surface area contributed by atoms with E-state index in [-0.39, 0.29) is 0 Å². The molecule has 0 radical (unpaired) electrons. The van der Waals surface area contributed by atoms with Crippen molar-refractivity contribution in [1.82, 2.24) is 15.0 Å². The molecular weight excluding hydrogens is 218 g/mol. The van der Waals surface area contributed by atoms with Crippen LogP contribution in [0.15, 0.2) is 23.5 Å². The number of ether oxygens (including phenoxy) is 1. The maximum atomic E-state index is 5.13. The lowest BCUT2D eigenvalue weighted by Crippen LogP contribution is -1.95. The van der Waals surface area contributed by atoms with Crippen LogP contribution in [0.1, 0.15) is 0 Å². The number of pyridine rings is 1. The minimum atomic E-state index is 0.527. The lowest BCUT2D eigenvalue weighted by atomic mass is 10.3. The first-order valence-corrected chi connectivity index (χ1v) is 5.70. The third-order valence-corrected chi connectivity index (χ3v) is 2.53. The van der Waals surface area contributed by atoms with Gasteiger partial charge in [0.05, 0.1) is 12.5 Å². The number of hydrogen-bond donors (Lipinski definition) is 1. The van der Waals surface area contributed by atoms with E-state index in [4.69, 9.17) is 4.74 Å². The Kier molecular flexibility index (Phi) is 2.74. The van der Waals surface area contributed by atoms with Gasteiger partial charge in [0.1, 0.15) is 0 Å². The van der Waals surface area contributed by atoms with Crippen molar-refractivity contribution in [3.63, 3.8) is 0 Å². The third-order valence-electron chi connectivity index (χ3n) is 1.69. The van der Waals surface area contributed by atoms with E-state index in [9.17, 15) is 0 Å². The molecule has 0 atom stereocenters. The van der Waals surface area contributed by atoms with E-state index >= 15 is 0 Å².